The van der Waals surface area contributed by atoms with E-state index in [9.17, 15) is 8.42 Å². The highest BCUT2D eigenvalue weighted by Gasteiger charge is 2.20. The van der Waals surface area contributed by atoms with Crippen molar-refractivity contribution in [3.05, 3.63) is 0 Å². The summed E-state index contributed by atoms with van der Waals surface area (Å²) in [6, 6.07) is 0. The van der Waals surface area contributed by atoms with E-state index in [4.69, 9.17) is 5.73 Å². The molecule has 0 saturated carbocycles. The molecule has 1 heterocycles. The normalized spacial score (nSPS) is 22.0. The van der Waals surface area contributed by atoms with Crippen LogP contribution >= 0.6 is 12.4 Å². The molecule has 0 spiro atoms. The maximum atomic E-state index is 11.1. The Morgan fingerprint density at radius 1 is 1.50 bits per heavy atom. The molecule has 1 aliphatic rings. The molecule has 0 aliphatic carbocycles. The quantitative estimate of drug-likeness (QED) is 0.691. The van der Waals surface area contributed by atoms with Gasteiger partial charge in [0.1, 0.15) is 0 Å². The average molecular weight is 272 g/mol. The lowest BCUT2D eigenvalue weighted by molar-refractivity contribution is 0.330. The Labute approximate surface area is 104 Å². The Hall–Kier alpha value is 0.120. The number of sulfonamides is 1. The van der Waals surface area contributed by atoms with Gasteiger partial charge >= 0.3 is 0 Å². The van der Waals surface area contributed by atoms with Gasteiger partial charge in [0.25, 0.3) is 0 Å². The molecule has 1 atom stereocenters. The van der Waals surface area contributed by atoms with E-state index < -0.39 is 10.0 Å². The number of nitrogens with one attached hydrogen (secondary N) is 1. The summed E-state index contributed by atoms with van der Waals surface area (Å²) in [5.74, 6) is 0.742. The summed E-state index contributed by atoms with van der Waals surface area (Å²) in [4.78, 5) is 2.26. The summed E-state index contributed by atoms with van der Waals surface area (Å²) >= 11 is 0. The highest BCUT2D eigenvalue weighted by Crippen LogP contribution is 2.13. The lowest BCUT2D eigenvalue weighted by Crippen LogP contribution is -2.34. The first-order chi connectivity index (χ1) is 7.07. The number of hydrogen-bond acceptors (Lipinski definition) is 4. The molecule has 7 heteroatoms. The Morgan fingerprint density at radius 3 is 2.69 bits per heavy atom. The number of rotatable bonds is 6. The van der Waals surface area contributed by atoms with Crippen molar-refractivity contribution < 1.29 is 8.42 Å². The van der Waals surface area contributed by atoms with Crippen LogP contribution in [0.2, 0.25) is 0 Å². The van der Waals surface area contributed by atoms with Crippen LogP contribution in [-0.4, -0.2) is 51.8 Å². The molecule has 0 radical (unpaired) electrons. The minimum Gasteiger partial charge on any atom is -0.330 e. The minimum absolute atomic E-state index is 0. The molecule has 3 N–H and O–H groups in total. The largest absolute Gasteiger partial charge is 0.330 e. The van der Waals surface area contributed by atoms with Gasteiger partial charge in [-0.3, -0.25) is 0 Å². The first-order valence-electron chi connectivity index (χ1n) is 5.47. The molecular formula is C9H22ClN3O2S. The van der Waals surface area contributed by atoms with Crippen LogP contribution in [0.5, 0.6) is 0 Å². The maximum absolute atomic E-state index is 11.1. The van der Waals surface area contributed by atoms with Gasteiger partial charge in [0.2, 0.25) is 10.0 Å². The predicted molar refractivity (Wildman–Crippen MR) is 68.3 cm³/mol. The van der Waals surface area contributed by atoms with E-state index in [0.717, 1.165) is 32.6 Å². The lowest BCUT2D eigenvalue weighted by atomic mass is 10.1. The van der Waals surface area contributed by atoms with Crippen molar-refractivity contribution in [2.45, 2.75) is 13.3 Å². The molecule has 0 aromatic heterocycles. The topological polar surface area (TPSA) is 75.4 Å². The fourth-order valence-corrected chi connectivity index (χ4v) is 2.38. The van der Waals surface area contributed by atoms with Crippen molar-refractivity contribution in [3.8, 4) is 0 Å². The van der Waals surface area contributed by atoms with Crippen molar-refractivity contribution in [3.63, 3.8) is 0 Å². The summed E-state index contributed by atoms with van der Waals surface area (Å²) in [6.07, 6.45) is 1.14. The van der Waals surface area contributed by atoms with Crippen LogP contribution in [-0.2, 0) is 10.0 Å². The van der Waals surface area contributed by atoms with Gasteiger partial charge in [0.05, 0.1) is 5.75 Å². The first kappa shape index (κ1) is 16.1. The van der Waals surface area contributed by atoms with Gasteiger partial charge in [-0.05, 0) is 32.4 Å². The fourth-order valence-electron chi connectivity index (χ4n) is 1.77. The second kappa shape index (κ2) is 7.45. The van der Waals surface area contributed by atoms with Crippen molar-refractivity contribution in [1.29, 1.82) is 0 Å². The lowest BCUT2D eigenvalue weighted by Gasteiger charge is -2.15. The van der Waals surface area contributed by atoms with E-state index in [-0.39, 0.29) is 18.2 Å². The number of hydrogen-bond donors (Lipinski definition) is 2. The summed E-state index contributed by atoms with van der Waals surface area (Å²) in [7, 11) is -3.03. The molecule has 0 bridgehead atoms. The zero-order chi connectivity index (χ0) is 11.3. The van der Waals surface area contributed by atoms with E-state index in [1.807, 2.05) is 0 Å². The zero-order valence-corrected chi connectivity index (χ0v) is 11.3. The molecule has 0 aromatic rings. The molecule has 1 unspecified atom stereocenters. The molecule has 1 rings (SSSR count). The average Bonchev–Trinajstić information content (AvgIpc) is 2.66. The Bertz CT molecular complexity index is 284. The van der Waals surface area contributed by atoms with Crippen LogP contribution < -0.4 is 10.5 Å². The standard InChI is InChI=1S/C9H21N3O2S.ClH/c1-2-15(13,14)11-4-6-12-5-3-9(7-10)8-12;/h9,11H,2-8,10H2,1H3;1H. The first-order valence-corrected chi connectivity index (χ1v) is 7.12. The second-order valence-electron chi connectivity index (χ2n) is 3.99. The van der Waals surface area contributed by atoms with Gasteiger partial charge < -0.3 is 10.6 Å². The Kier molecular flexibility index (Phi) is 7.50. The molecule has 98 valence electrons. The van der Waals surface area contributed by atoms with Crippen LogP contribution in [0.3, 0.4) is 0 Å². The summed E-state index contributed by atoms with van der Waals surface area (Å²) < 4.78 is 24.9. The molecule has 1 aliphatic heterocycles. The number of likely N-dealkylation sites (tertiary alicyclic amines) is 1. The van der Waals surface area contributed by atoms with Crippen LogP contribution in [0, 0.1) is 5.92 Å². The van der Waals surface area contributed by atoms with Gasteiger partial charge in [-0.1, -0.05) is 0 Å². The SMILES string of the molecule is CCS(=O)(=O)NCCN1CCC(CN)C1.Cl. The van der Waals surface area contributed by atoms with E-state index in [0.29, 0.717) is 12.5 Å². The van der Waals surface area contributed by atoms with E-state index in [1.54, 1.807) is 6.92 Å². The third kappa shape index (κ3) is 5.45. The third-order valence-corrected chi connectivity index (χ3v) is 4.24. The maximum Gasteiger partial charge on any atom is 0.211 e. The second-order valence-corrected chi connectivity index (χ2v) is 6.08. The molecule has 0 amide bonds. The predicted octanol–water partition coefficient (Wildman–Crippen LogP) is -0.372. The van der Waals surface area contributed by atoms with Gasteiger partial charge in [-0.2, -0.15) is 0 Å². The zero-order valence-electron chi connectivity index (χ0n) is 9.68. The van der Waals surface area contributed by atoms with Gasteiger partial charge in [-0.25, -0.2) is 13.1 Å². The monoisotopic (exact) mass is 271 g/mol. The van der Waals surface area contributed by atoms with Gasteiger partial charge in [0.15, 0.2) is 0 Å². The van der Waals surface area contributed by atoms with E-state index in [1.165, 1.54) is 0 Å². The molecular weight excluding hydrogens is 250 g/mol. The minimum atomic E-state index is -3.03. The van der Waals surface area contributed by atoms with Crippen LogP contribution in [0.4, 0.5) is 0 Å². The van der Waals surface area contributed by atoms with Gasteiger partial charge in [0, 0.05) is 19.6 Å². The van der Waals surface area contributed by atoms with E-state index >= 15 is 0 Å². The Morgan fingerprint density at radius 2 is 2.19 bits per heavy atom. The van der Waals surface area contributed by atoms with Crippen molar-refractivity contribution in [1.82, 2.24) is 9.62 Å². The highest BCUT2D eigenvalue weighted by molar-refractivity contribution is 7.89. The fraction of sp³-hybridized carbons (Fsp3) is 1.00. The summed E-state index contributed by atoms with van der Waals surface area (Å²) in [5, 5.41) is 0. The summed E-state index contributed by atoms with van der Waals surface area (Å²) in [6.45, 7) is 5.71. The third-order valence-electron chi connectivity index (χ3n) is 2.83. The molecule has 5 nitrogen and oxygen atoms in total. The molecule has 1 fully saturated rings. The molecule has 0 aromatic carbocycles. The van der Waals surface area contributed by atoms with Gasteiger partial charge in [-0.15, -0.1) is 12.4 Å². The number of nitrogens with two attached hydrogens (primary N) is 1. The van der Waals surface area contributed by atoms with Crippen molar-refractivity contribution >= 4 is 22.4 Å². The number of halogens is 1. The van der Waals surface area contributed by atoms with Crippen LogP contribution in [0.1, 0.15) is 13.3 Å². The smallest absolute Gasteiger partial charge is 0.211 e. The number of nitrogens with zero attached hydrogens (tertiary/aromatic N) is 1. The Balaban J connectivity index is 0.00000225. The highest BCUT2D eigenvalue weighted by atomic mass is 35.5. The van der Waals surface area contributed by atoms with Crippen LogP contribution in [0.25, 0.3) is 0 Å². The van der Waals surface area contributed by atoms with Crippen molar-refractivity contribution in [2.75, 3.05) is 38.5 Å². The molecule has 1 saturated heterocycles. The van der Waals surface area contributed by atoms with Crippen LogP contribution in [0.15, 0.2) is 0 Å². The summed E-state index contributed by atoms with van der Waals surface area (Å²) in [5.41, 5.74) is 5.58. The van der Waals surface area contributed by atoms with Crippen molar-refractivity contribution in [2.24, 2.45) is 11.7 Å². The van der Waals surface area contributed by atoms with E-state index in [2.05, 4.69) is 9.62 Å². The molecule has 16 heavy (non-hydrogen) atoms.